The van der Waals surface area contributed by atoms with Crippen molar-refractivity contribution in [3.8, 4) is 0 Å². The summed E-state index contributed by atoms with van der Waals surface area (Å²) in [6, 6.07) is 0. The second-order valence-electron chi connectivity index (χ2n) is 4.16. The maximum atomic E-state index is 12.1. The van der Waals surface area contributed by atoms with Crippen molar-refractivity contribution in [2.45, 2.75) is 27.7 Å². The van der Waals surface area contributed by atoms with Crippen LogP contribution in [0.3, 0.4) is 0 Å². The van der Waals surface area contributed by atoms with E-state index in [0.29, 0.717) is 22.2 Å². The topological polar surface area (TPSA) is 65.7 Å². The molecule has 0 aliphatic heterocycles. The van der Waals surface area contributed by atoms with Gasteiger partial charge in [0.25, 0.3) is 5.56 Å². The lowest BCUT2D eigenvalue weighted by molar-refractivity contribution is 1.10. The number of aryl methyl sites for hydroxylation is 2. The van der Waals surface area contributed by atoms with Gasteiger partial charge in [0.2, 0.25) is 0 Å². The Kier molecular flexibility index (Phi) is 2.22. The lowest BCUT2D eigenvalue weighted by Crippen LogP contribution is -2.19. The van der Waals surface area contributed by atoms with Crippen LogP contribution in [0.2, 0.25) is 0 Å². The average molecular weight is 218 g/mol. The second kappa shape index (κ2) is 3.33. The number of nitrogens with one attached hydrogen (secondary N) is 2. The Morgan fingerprint density at radius 1 is 0.812 bits per heavy atom. The first-order valence-electron chi connectivity index (χ1n) is 5.16. The van der Waals surface area contributed by atoms with Crippen LogP contribution in [-0.2, 0) is 0 Å². The Morgan fingerprint density at radius 3 is 2.06 bits per heavy atom. The largest absolute Gasteiger partial charge is 0.345 e. The minimum absolute atomic E-state index is 0.0110. The summed E-state index contributed by atoms with van der Waals surface area (Å²) >= 11 is 0. The van der Waals surface area contributed by atoms with Crippen LogP contribution in [0.4, 0.5) is 0 Å². The lowest BCUT2D eigenvalue weighted by Gasteiger charge is -2.07. The summed E-state index contributed by atoms with van der Waals surface area (Å²) in [7, 11) is 0. The summed E-state index contributed by atoms with van der Waals surface area (Å²) in [5.74, 6) is 0. The maximum Gasteiger partial charge on any atom is 0.252 e. The second-order valence-corrected chi connectivity index (χ2v) is 4.16. The summed E-state index contributed by atoms with van der Waals surface area (Å²) in [5.41, 5.74) is 3.19. The Labute approximate surface area is 92.3 Å². The van der Waals surface area contributed by atoms with Gasteiger partial charge in [0.15, 0.2) is 5.43 Å². The Morgan fingerprint density at radius 2 is 1.44 bits per heavy atom. The van der Waals surface area contributed by atoms with Crippen LogP contribution in [0.25, 0.3) is 11.0 Å². The average Bonchev–Trinajstić information content (AvgIpc) is 2.23. The van der Waals surface area contributed by atoms with Gasteiger partial charge in [-0.25, -0.2) is 0 Å². The highest BCUT2D eigenvalue weighted by Gasteiger charge is 2.11. The third-order valence-electron chi connectivity index (χ3n) is 3.21. The van der Waals surface area contributed by atoms with Crippen LogP contribution in [-0.4, -0.2) is 9.97 Å². The molecule has 2 aromatic rings. The monoisotopic (exact) mass is 218 g/mol. The van der Waals surface area contributed by atoms with Crippen molar-refractivity contribution in [1.82, 2.24) is 9.97 Å². The van der Waals surface area contributed by atoms with E-state index in [2.05, 4.69) is 9.97 Å². The molecule has 0 radical (unpaired) electrons. The first-order valence-corrected chi connectivity index (χ1v) is 5.16. The fourth-order valence-corrected chi connectivity index (χ4v) is 1.83. The molecule has 0 saturated heterocycles. The van der Waals surface area contributed by atoms with Crippen molar-refractivity contribution in [2.75, 3.05) is 0 Å². The molecular formula is C12H14N2O2. The number of H-pyrrole nitrogens is 2. The third-order valence-corrected chi connectivity index (χ3v) is 3.21. The van der Waals surface area contributed by atoms with Gasteiger partial charge in [0.1, 0.15) is 5.65 Å². The first kappa shape index (κ1) is 10.7. The van der Waals surface area contributed by atoms with Gasteiger partial charge in [-0.2, -0.15) is 0 Å². The Bertz CT molecular complexity index is 693. The SMILES string of the molecule is Cc1[nH]c2[nH]c(=O)c(C)c(C)c2c(=O)c1C. The summed E-state index contributed by atoms with van der Waals surface area (Å²) < 4.78 is 0. The van der Waals surface area contributed by atoms with Crippen LogP contribution in [0.1, 0.15) is 22.4 Å². The maximum absolute atomic E-state index is 12.1. The predicted octanol–water partition coefficient (Wildman–Crippen LogP) is 1.45. The quantitative estimate of drug-likeness (QED) is 0.702. The molecule has 0 saturated carbocycles. The summed E-state index contributed by atoms with van der Waals surface area (Å²) in [4.78, 5) is 29.4. The van der Waals surface area contributed by atoms with Gasteiger partial charge in [0.05, 0.1) is 5.39 Å². The summed E-state index contributed by atoms with van der Waals surface area (Å²) in [6.45, 7) is 7.14. The van der Waals surface area contributed by atoms with Crippen LogP contribution in [0.5, 0.6) is 0 Å². The van der Waals surface area contributed by atoms with Crippen molar-refractivity contribution < 1.29 is 0 Å². The van der Waals surface area contributed by atoms with Crippen LogP contribution in [0.15, 0.2) is 9.59 Å². The number of aromatic nitrogens is 2. The summed E-state index contributed by atoms with van der Waals surface area (Å²) in [6.07, 6.45) is 0. The fraction of sp³-hybridized carbons (Fsp3) is 0.333. The van der Waals surface area contributed by atoms with Gasteiger partial charge in [-0.1, -0.05) is 0 Å². The number of pyridine rings is 2. The number of hydrogen-bond acceptors (Lipinski definition) is 2. The zero-order chi connectivity index (χ0) is 12.0. The van der Waals surface area contributed by atoms with E-state index in [0.717, 1.165) is 11.3 Å². The number of fused-ring (bicyclic) bond motifs is 1. The van der Waals surface area contributed by atoms with Gasteiger partial charge in [-0.3, -0.25) is 9.59 Å². The van der Waals surface area contributed by atoms with Gasteiger partial charge in [-0.05, 0) is 33.3 Å². The molecule has 0 spiro atoms. The van der Waals surface area contributed by atoms with Gasteiger partial charge in [0, 0.05) is 16.8 Å². The molecule has 0 bridgehead atoms. The van der Waals surface area contributed by atoms with Crippen molar-refractivity contribution >= 4 is 11.0 Å². The molecule has 0 aromatic carbocycles. The van der Waals surface area contributed by atoms with E-state index in [4.69, 9.17) is 0 Å². The molecule has 2 heterocycles. The van der Waals surface area contributed by atoms with Crippen molar-refractivity contribution in [3.05, 3.63) is 43.0 Å². The number of rotatable bonds is 0. The standard InChI is InChI=1S/C12H14N2O2/c1-5-6(2)12(16)14-11-9(5)10(15)7(3)8(4)13-11/h1-4H3,(H2,13,14,15,16). The van der Waals surface area contributed by atoms with Gasteiger partial charge < -0.3 is 9.97 Å². The fourth-order valence-electron chi connectivity index (χ4n) is 1.83. The minimum Gasteiger partial charge on any atom is -0.345 e. The Hall–Kier alpha value is -1.84. The van der Waals surface area contributed by atoms with Crippen molar-refractivity contribution in [2.24, 2.45) is 0 Å². The molecule has 0 amide bonds. The minimum atomic E-state index is -0.149. The molecule has 0 fully saturated rings. The van der Waals surface area contributed by atoms with Crippen LogP contribution < -0.4 is 11.0 Å². The van der Waals surface area contributed by atoms with E-state index in [-0.39, 0.29) is 11.0 Å². The molecular weight excluding hydrogens is 204 g/mol. The van der Waals surface area contributed by atoms with Crippen LogP contribution in [0, 0.1) is 27.7 Å². The van der Waals surface area contributed by atoms with Crippen molar-refractivity contribution in [3.63, 3.8) is 0 Å². The molecule has 0 unspecified atom stereocenters. The highest BCUT2D eigenvalue weighted by Crippen LogP contribution is 2.13. The number of aromatic amines is 2. The van der Waals surface area contributed by atoms with E-state index in [1.54, 1.807) is 20.8 Å². The molecule has 0 aliphatic carbocycles. The van der Waals surface area contributed by atoms with E-state index in [1.165, 1.54) is 0 Å². The smallest absolute Gasteiger partial charge is 0.252 e. The van der Waals surface area contributed by atoms with E-state index in [1.807, 2.05) is 6.92 Å². The van der Waals surface area contributed by atoms with E-state index >= 15 is 0 Å². The van der Waals surface area contributed by atoms with Gasteiger partial charge in [-0.15, -0.1) is 0 Å². The molecule has 84 valence electrons. The van der Waals surface area contributed by atoms with E-state index in [9.17, 15) is 9.59 Å². The van der Waals surface area contributed by atoms with E-state index < -0.39 is 0 Å². The molecule has 2 N–H and O–H groups in total. The van der Waals surface area contributed by atoms with Gasteiger partial charge >= 0.3 is 0 Å². The van der Waals surface area contributed by atoms with Crippen LogP contribution >= 0.6 is 0 Å². The highest BCUT2D eigenvalue weighted by atomic mass is 16.1. The zero-order valence-electron chi connectivity index (χ0n) is 9.82. The third kappa shape index (κ3) is 1.30. The molecule has 4 heteroatoms. The molecule has 2 rings (SSSR count). The first-order chi connectivity index (χ1) is 7.43. The highest BCUT2D eigenvalue weighted by molar-refractivity contribution is 5.80. The molecule has 0 atom stereocenters. The molecule has 4 nitrogen and oxygen atoms in total. The zero-order valence-corrected chi connectivity index (χ0v) is 9.82. The Balaban J connectivity index is 3.16. The normalized spacial score (nSPS) is 11.0. The lowest BCUT2D eigenvalue weighted by atomic mass is 10.1. The predicted molar refractivity (Wildman–Crippen MR) is 64.1 cm³/mol. The van der Waals surface area contributed by atoms with Crippen molar-refractivity contribution in [1.29, 1.82) is 0 Å². The number of hydrogen-bond donors (Lipinski definition) is 2. The molecule has 16 heavy (non-hydrogen) atoms. The molecule has 2 aromatic heterocycles. The summed E-state index contributed by atoms with van der Waals surface area (Å²) in [5, 5.41) is 0.584. The molecule has 0 aliphatic rings.